The normalized spacial score (nSPS) is 12.2. The Morgan fingerprint density at radius 2 is 1.91 bits per heavy atom. The highest BCUT2D eigenvalue weighted by Gasteiger charge is 2.13. The number of carbonyl (C=O) groups excluding carboxylic acids is 1. The lowest BCUT2D eigenvalue weighted by Crippen LogP contribution is -2.04. The van der Waals surface area contributed by atoms with Gasteiger partial charge >= 0.3 is 0 Å². The molecule has 0 radical (unpaired) electrons. The third-order valence-electron chi connectivity index (χ3n) is 3.54. The number of nitrogens with zero attached hydrogens (tertiary/aromatic N) is 1. The first-order valence-corrected chi connectivity index (χ1v) is 8.28. The molecule has 0 amide bonds. The standard InChI is InChI=1S/C17H15NO4S/c19-10-14-6-7-16(22-11-13-4-2-1-3-5-13)17-15(14)8-9-18(17)12-23(20)21/h1-10H,11-12H2,(H,20,21). The molecule has 0 saturated carbocycles. The third-order valence-corrected chi connectivity index (χ3v) is 4.03. The molecule has 0 fully saturated rings. The number of rotatable bonds is 6. The molecule has 6 heteroatoms. The average Bonchev–Trinajstić information content (AvgIpc) is 2.97. The number of aldehydes is 1. The van der Waals surface area contributed by atoms with Crippen LogP contribution in [-0.2, 0) is 23.6 Å². The van der Waals surface area contributed by atoms with Crippen molar-refractivity contribution in [1.29, 1.82) is 0 Å². The van der Waals surface area contributed by atoms with Crippen molar-refractivity contribution in [2.45, 2.75) is 12.5 Å². The molecule has 118 valence electrons. The van der Waals surface area contributed by atoms with Gasteiger partial charge in [-0.3, -0.25) is 4.79 Å². The molecule has 0 aliphatic carbocycles. The van der Waals surface area contributed by atoms with Crippen molar-refractivity contribution in [3.63, 3.8) is 0 Å². The maximum atomic E-state index is 11.2. The van der Waals surface area contributed by atoms with Gasteiger partial charge in [-0.25, -0.2) is 4.21 Å². The molecule has 3 rings (SSSR count). The number of benzene rings is 2. The van der Waals surface area contributed by atoms with Crippen LogP contribution >= 0.6 is 0 Å². The lowest BCUT2D eigenvalue weighted by Gasteiger charge is -2.11. The number of ether oxygens (including phenoxy) is 1. The van der Waals surface area contributed by atoms with E-state index in [1.807, 2.05) is 30.3 Å². The van der Waals surface area contributed by atoms with Crippen LogP contribution < -0.4 is 4.74 Å². The van der Waals surface area contributed by atoms with Crippen LogP contribution in [0, 0.1) is 0 Å². The van der Waals surface area contributed by atoms with E-state index in [1.54, 1.807) is 29.0 Å². The summed E-state index contributed by atoms with van der Waals surface area (Å²) in [6.07, 6.45) is 2.45. The smallest absolute Gasteiger partial charge is 0.173 e. The van der Waals surface area contributed by atoms with Crippen molar-refractivity contribution in [2.75, 3.05) is 0 Å². The summed E-state index contributed by atoms with van der Waals surface area (Å²) < 4.78 is 27.8. The fourth-order valence-electron chi connectivity index (χ4n) is 2.50. The second-order valence-electron chi connectivity index (χ2n) is 5.04. The van der Waals surface area contributed by atoms with E-state index >= 15 is 0 Å². The van der Waals surface area contributed by atoms with Crippen molar-refractivity contribution >= 4 is 28.3 Å². The Balaban J connectivity index is 2.00. The molecule has 5 nitrogen and oxygen atoms in total. The molecule has 23 heavy (non-hydrogen) atoms. The first-order chi connectivity index (χ1) is 11.2. The summed E-state index contributed by atoms with van der Waals surface area (Å²) in [7, 11) is 0. The number of aromatic nitrogens is 1. The van der Waals surface area contributed by atoms with Crippen LogP contribution in [0.4, 0.5) is 0 Å². The first kappa shape index (κ1) is 15.5. The van der Waals surface area contributed by atoms with Gasteiger partial charge in [0.2, 0.25) is 0 Å². The van der Waals surface area contributed by atoms with Crippen molar-refractivity contribution in [3.8, 4) is 5.75 Å². The van der Waals surface area contributed by atoms with E-state index in [0.29, 0.717) is 28.8 Å². The van der Waals surface area contributed by atoms with Gasteiger partial charge in [-0.2, -0.15) is 0 Å². The topological polar surface area (TPSA) is 68.5 Å². The number of carbonyl (C=O) groups is 1. The Hall–Kier alpha value is -2.44. The van der Waals surface area contributed by atoms with Crippen LogP contribution in [0.2, 0.25) is 0 Å². The van der Waals surface area contributed by atoms with Gasteiger partial charge in [0.15, 0.2) is 17.4 Å². The van der Waals surface area contributed by atoms with Gasteiger partial charge in [0, 0.05) is 17.1 Å². The van der Waals surface area contributed by atoms with Crippen LogP contribution in [-0.4, -0.2) is 19.6 Å². The van der Waals surface area contributed by atoms with Crippen LogP contribution in [0.5, 0.6) is 5.75 Å². The van der Waals surface area contributed by atoms with Crippen molar-refractivity contribution in [2.24, 2.45) is 0 Å². The van der Waals surface area contributed by atoms with E-state index in [0.717, 1.165) is 11.8 Å². The summed E-state index contributed by atoms with van der Waals surface area (Å²) in [6.45, 7) is 0.379. The van der Waals surface area contributed by atoms with Crippen molar-refractivity contribution < 1.29 is 18.3 Å². The zero-order valence-corrected chi connectivity index (χ0v) is 13.0. The molecule has 2 aromatic carbocycles. The Kier molecular flexibility index (Phi) is 4.55. The van der Waals surface area contributed by atoms with Gasteiger partial charge in [-0.15, -0.1) is 0 Å². The second-order valence-corrected chi connectivity index (χ2v) is 5.94. The summed E-state index contributed by atoms with van der Waals surface area (Å²) in [4.78, 5) is 11.2. The molecule has 1 heterocycles. The van der Waals surface area contributed by atoms with Crippen molar-refractivity contribution in [1.82, 2.24) is 4.57 Å². The second kappa shape index (κ2) is 6.76. The minimum absolute atomic E-state index is 0.0759. The van der Waals surface area contributed by atoms with Gasteiger partial charge in [0.25, 0.3) is 0 Å². The van der Waals surface area contributed by atoms with Crippen LogP contribution in [0.1, 0.15) is 15.9 Å². The minimum Gasteiger partial charge on any atom is -0.487 e. The van der Waals surface area contributed by atoms with Gasteiger partial charge < -0.3 is 13.9 Å². The Morgan fingerprint density at radius 1 is 1.13 bits per heavy atom. The highest BCUT2D eigenvalue weighted by molar-refractivity contribution is 7.78. The lowest BCUT2D eigenvalue weighted by atomic mass is 10.1. The van der Waals surface area contributed by atoms with E-state index in [9.17, 15) is 9.00 Å². The summed E-state index contributed by atoms with van der Waals surface area (Å²) in [5.41, 5.74) is 2.19. The van der Waals surface area contributed by atoms with Gasteiger partial charge in [0.1, 0.15) is 18.2 Å². The molecule has 3 aromatic rings. The first-order valence-electron chi connectivity index (χ1n) is 7.00. The maximum Gasteiger partial charge on any atom is 0.173 e. The molecule has 1 aromatic heterocycles. The van der Waals surface area contributed by atoms with Gasteiger partial charge in [-0.1, -0.05) is 30.3 Å². The quantitative estimate of drug-likeness (QED) is 0.557. The Morgan fingerprint density at radius 3 is 2.61 bits per heavy atom. The fourth-order valence-corrected chi connectivity index (χ4v) is 2.95. The highest BCUT2D eigenvalue weighted by Crippen LogP contribution is 2.30. The van der Waals surface area contributed by atoms with E-state index in [4.69, 9.17) is 9.29 Å². The minimum atomic E-state index is -1.99. The molecule has 0 saturated heterocycles. The largest absolute Gasteiger partial charge is 0.487 e. The predicted octanol–water partition coefficient (Wildman–Crippen LogP) is 3.21. The van der Waals surface area contributed by atoms with E-state index in [2.05, 4.69) is 0 Å². The summed E-state index contributed by atoms with van der Waals surface area (Å²) in [5, 5.41) is 0.705. The number of fused-ring (bicyclic) bond motifs is 1. The van der Waals surface area contributed by atoms with E-state index < -0.39 is 11.1 Å². The SMILES string of the molecule is O=Cc1ccc(OCc2ccccc2)c2c1ccn2CS(=O)O. The highest BCUT2D eigenvalue weighted by atomic mass is 32.2. The van der Waals surface area contributed by atoms with Gasteiger partial charge in [0.05, 0.1) is 5.52 Å². The zero-order valence-electron chi connectivity index (χ0n) is 12.2. The third kappa shape index (κ3) is 3.33. The molecule has 0 aliphatic rings. The molecular weight excluding hydrogens is 314 g/mol. The number of hydrogen-bond donors (Lipinski definition) is 1. The molecule has 1 N–H and O–H groups in total. The van der Waals surface area contributed by atoms with Crippen LogP contribution in [0.15, 0.2) is 54.7 Å². The molecule has 0 spiro atoms. The van der Waals surface area contributed by atoms with E-state index in [1.165, 1.54) is 0 Å². The average molecular weight is 329 g/mol. The van der Waals surface area contributed by atoms with Crippen LogP contribution in [0.3, 0.4) is 0 Å². The molecule has 0 aliphatic heterocycles. The fraction of sp³-hybridized carbons (Fsp3) is 0.118. The predicted molar refractivity (Wildman–Crippen MR) is 88.9 cm³/mol. The Labute approximate surface area is 135 Å². The number of hydrogen-bond acceptors (Lipinski definition) is 3. The summed E-state index contributed by atoms with van der Waals surface area (Å²) in [5.74, 6) is 0.498. The molecule has 1 unspecified atom stereocenters. The molecule has 0 bridgehead atoms. The Bertz CT molecular complexity index is 858. The zero-order chi connectivity index (χ0) is 16.2. The maximum absolute atomic E-state index is 11.2. The molecular formula is C17H15NO4S. The van der Waals surface area contributed by atoms with Gasteiger partial charge in [-0.05, 0) is 23.8 Å². The summed E-state index contributed by atoms with van der Waals surface area (Å²) >= 11 is -1.99. The lowest BCUT2D eigenvalue weighted by molar-refractivity contribution is 0.112. The van der Waals surface area contributed by atoms with Crippen molar-refractivity contribution in [3.05, 3.63) is 65.9 Å². The van der Waals surface area contributed by atoms with E-state index in [-0.39, 0.29) is 5.88 Å². The van der Waals surface area contributed by atoms with Crippen LogP contribution in [0.25, 0.3) is 10.9 Å². The molecule has 1 atom stereocenters. The summed E-state index contributed by atoms with van der Waals surface area (Å²) in [6, 6.07) is 14.9. The monoisotopic (exact) mass is 329 g/mol.